The van der Waals surface area contributed by atoms with Crippen molar-refractivity contribution >= 4 is 51.6 Å². The van der Waals surface area contributed by atoms with Gasteiger partial charge in [-0.15, -0.1) is 0 Å². The Labute approximate surface area is 190 Å². The highest BCUT2D eigenvalue weighted by Crippen LogP contribution is 2.30. The summed E-state index contributed by atoms with van der Waals surface area (Å²) in [5, 5.41) is 6.27. The molecule has 0 aliphatic carbocycles. The van der Waals surface area contributed by atoms with Crippen LogP contribution in [0.2, 0.25) is 5.02 Å². The third-order valence-electron chi connectivity index (χ3n) is 4.86. The van der Waals surface area contributed by atoms with Crippen LogP contribution in [0.4, 0.5) is 5.69 Å². The summed E-state index contributed by atoms with van der Waals surface area (Å²) >= 11 is 11.6. The summed E-state index contributed by atoms with van der Waals surface area (Å²) in [6.07, 6.45) is 0.913. The molecule has 1 amide bonds. The number of fused-ring (bicyclic) bond motifs is 1. The number of carbonyl (C=O) groups is 1. The first-order valence-electron chi connectivity index (χ1n) is 9.81. The van der Waals surface area contributed by atoms with Crippen LogP contribution >= 0.6 is 23.8 Å². The quantitative estimate of drug-likeness (QED) is 0.366. The highest BCUT2D eigenvalue weighted by molar-refractivity contribution is 7.80. The zero-order valence-electron chi connectivity index (χ0n) is 17.0. The van der Waals surface area contributed by atoms with Crippen LogP contribution in [-0.2, 0) is 6.42 Å². The second-order valence-corrected chi connectivity index (χ2v) is 7.96. The Morgan fingerprint density at radius 3 is 2.61 bits per heavy atom. The molecule has 0 saturated heterocycles. The van der Waals surface area contributed by atoms with Crippen LogP contribution in [-0.4, -0.2) is 16.0 Å². The van der Waals surface area contributed by atoms with E-state index in [0.29, 0.717) is 22.2 Å². The minimum Gasteiger partial charge on any atom is -0.436 e. The fourth-order valence-electron chi connectivity index (χ4n) is 3.13. The summed E-state index contributed by atoms with van der Waals surface area (Å²) in [5.74, 6) is 0.188. The first kappa shape index (κ1) is 21.0. The van der Waals surface area contributed by atoms with Gasteiger partial charge in [-0.3, -0.25) is 10.1 Å². The van der Waals surface area contributed by atoms with E-state index in [9.17, 15) is 4.79 Å². The maximum Gasteiger partial charge on any atom is 0.257 e. The molecular formula is C24H20ClN3O2S. The average Bonchev–Trinajstić information content (AvgIpc) is 3.18. The number of nitrogens with one attached hydrogen (secondary N) is 2. The molecule has 0 spiro atoms. The van der Waals surface area contributed by atoms with Crippen LogP contribution in [0, 0.1) is 6.92 Å². The lowest BCUT2D eigenvalue weighted by Gasteiger charge is -2.12. The third kappa shape index (κ3) is 4.76. The molecule has 3 aromatic carbocycles. The predicted molar refractivity (Wildman–Crippen MR) is 129 cm³/mol. The summed E-state index contributed by atoms with van der Waals surface area (Å²) in [5.41, 5.74) is 5.57. The molecule has 4 rings (SSSR count). The lowest BCUT2D eigenvalue weighted by atomic mass is 10.1. The number of aryl methyl sites for hydroxylation is 2. The number of anilines is 1. The number of benzene rings is 3. The summed E-state index contributed by atoms with van der Waals surface area (Å²) in [6, 6.07) is 18.6. The summed E-state index contributed by atoms with van der Waals surface area (Å²) < 4.78 is 5.89. The van der Waals surface area contributed by atoms with Crippen molar-refractivity contribution in [2.24, 2.45) is 0 Å². The molecule has 0 saturated carbocycles. The molecule has 0 unspecified atom stereocenters. The maximum atomic E-state index is 12.4. The molecule has 0 aliphatic heterocycles. The number of thiocarbonyl (C=S) groups is 1. The fourth-order valence-corrected chi connectivity index (χ4v) is 3.50. The van der Waals surface area contributed by atoms with Crippen LogP contribution in [0.1, 0.15) is 28.4 Å². The Hall–Kier alpha value is -3.22. The highest BCUT2D eigenvalue weighted by atomic mass is 35.5. The zero-order valence-corrected chi connectivity index (χ0v) is 18.6. The first-order chi connectivity index (χ1) is 14.9. The second kappa shape index (κ2) is 8.88. The smallest absolute Gasteiger partial charge is 0.257 e. The minimum atomic E-state index is -0.290. The van der Waals surface area contributed by atoms with Crippen molar-refractivity contribution in [2.45, 2.75) is 20.3 Å². The molecule has 0 bridgehead atoms. The Kier molecular flexibility index (Phi) is 6.02. The highest BCUT2D eigenvalue weighted by Gasteiger charge is 2.13. The van der Waals surface area contributed by atoms with E-state index in [0.717, 1.165) is 34.2 Å². The standard InChI is InChI=1S/C24H20ClN3O2S/c1-3-15-5-7-16(8-6-15)22(29)28-24(31)27-20-13-17(9-10-18(20)25)23-26-19-11-4-14(2)12-21(19)30-23/h4-13H,3H2,1-2H3,(H2,27,28,29,31). The molecule has 1 aromatic heterocycles. The summed E-state index contributed by atoms with van der Waals surface area (Å²) in [6.45, 7) is 4.06. The van der Waals surface area contributed by atoms with Crippen molar-refractivity contribution in [3.63, 3.8) is 0 Å². The topological polar surface area (TPSA) is 67.2 Å². The number of halogens is 1. The van der Waals surface area contributed by atoms with Crippen molar-refractivity contribution in [3.8, 4) is 11.5 Å². The Morgan fingerprint density at radius 2 is 1.87 bits per heavy atom. The minimum absolute atomic E-state index is 0.150. The van der Waals surface area contributed by atoms with E-state index >= 15 is 0 Å². The van der Waals surface area contributed by atoms with Gasteiger partial charge in [-0.25, -0.2) is 4.98 Å². The first-order valence-corrected chi connectivity index (χ1v) is 10.6. The number of oxazole rings is 1. The predicted octanol–water partition coefficient (Wildman–Crippen LogP) is 6.15. The zero-order chi connectivity index (χ0) is 22.0. The number of carbonyl (C=O) groups excluding carboxylic acids is 1. The SMILES string of the molecule is CCc1ccc(C(=O)NC(=S)Nc2cc(-c3nc4ccc(C)cc4o3)ccc2Cl)cc1. The normalized spacial score (nSPS) is 10.8. The van der Waals surface area contributed by atoms with Gasteiger partial charge in [0.15, 0.2) is 10.7 Å². The van der Waals surface area contributed by atoms with Gasteiger partial charge in [0.1, 0.15) is 5.52 Å². The van der Waals surface area contributed by atoms with Gasteiger partial charge < -0.3 is 9.73 Å². The molecule has 7 heteroatoms. The second-order valence-electron chi connectivity index (χ2n) is 7.14. The van der Waals surface area contributed by atoms with Gasteiger partial charge in [0.2, 0.25) is 5.89 Å². The van der Waals surface area contributed by atoms with Crippen LogP contribution in [0.25, 0.3) is 22.6 Å². The lowest BCUT2D eigenvalue weighted by molar-refractivity contribution is 0.0977. The molecule has 31 heavy (non-hydrogen) atoms. The third-order valence-corrected chi connectivity index (χ3v) is 5.39. The Morgan fingerprint density at radius 1 is 1.10 bits per heavy atom. The van der Waals surface area contributed by atoms with Gasteiger partial charge in [0.25, 0.3) is 5.91 Å². The van der Waals surface area contributed by atoms with Crippen molar-refractivity contribution in [2.75, 3.05) is 5.32 Å². The van der Waals surface area contributed by atoms with E-state index in [2.05, 4.69) is 22.5 Å². The van der Waals surface area contributed by atoms with Crippen LogP contribution in [0.15, 0.2) is 65.1 Å². The monoisotopic (exact) mass is 449 g/mol. The van der Waals surface area contributed by atoms with Gasteiger partial charge in [0.05, 0.1) is 10.7 Å². The number of hydrogen-bond acceptors (Lipinski definition) is 4. The number of amides is 1. The fraction of sp³-hybridized carbons (Fsp3) is 0.125. The molecule has 2 N–H and O–H groups in total. The van der Waals surface area contributed by atoms with E-state index in [-0.39, 0.29) is 11.0 Å². The number of hydrogen-bond donors (Lipinski definition) is 2. The Bertz CT molecular complexity index is 1280. The molecule has 4 aromatic rings. The van der Waals surface area contributed by atoms with E-state index in [1.165, 1.54) is 0 Å². The number of nitrogens with zero attached hydrogens (tertiary/aromatic N) is 1. The van der Waals surface area contributed by atoms with Gasteiger partial charge in [0, 0.05) is 11.1 Å². The number of aromatic nitrogens is 1. The summed E-state index contributed by atoms with van der Waals surface area (Å²) in [7, 11) is 0. The molecule has 0 radical (unpaired) electrons. The molecule has 5 nitrogen and oxygen atoms in total. The molecule has 156 valence electrons. The van der Waals surface area contributed by atoms with Crippen molar-refractivity contribution < 1.29 is 9.21 Å². The summed E-state index contributed by atoms with van der Waals surface area (Å²) in [4.78, 5) is 17.0. The van der Waals surface area contributed by atoms with Gasteiger partial charge in [-0.1, -0.05) is 36.7 Å². The van der Waals surface area contributed by atoms with Crippen LogP contribution in [0.5, 0.6) is 0 Å². The van der Waals surface area contributed by atoms with Crippen molar-refractivity contribution in [3.05, 3.63) is 82.4 Å². The van der Waals surface area contributed by atoms with Crippen molar-refractivity contribution in [1.29, 1.82) is 0 Å². The van der Waals surface area contributed by atoms with E-state index < -0.39 is 0 Å². The van der Waals surface area contributed by atoms with Gasteiger partial charge >= 0.3 is 0 Å². The van der Waals surface area contributed by atoms with Crippen LogP contribution < -0.4 is 10.6 Å². The van der Waals surface area contributed by atoms with Gasteiger partial charge in [-0.05, 0) is 79.2 Å². The number of rotatable bonds is 4. The average molecular weight is 450 g/mol. The molecule has 0 atom stereocenters. The van der Waals surface area contributed by atoms with Crippen molar-refractivity contribution in [1.82, 2.24) is 10.3 Å². The molecule has 0 fully saturated rings. The molecule has 0 aliphatic rings. The van der Waals surface area contributed by atoms with Gasteiger partial charge in [-0.2, -0.15) is 0 Å². The molecular weight excluding hydrogens is 430 g/mol. The largest absolute Gasteiger partial charge is 0.436 e. The van der Waals surface area contributed by atoms with E-state index in [1.807, 2.05) is 43.3 Å². The Balaban J connectivity index is 1.51. The molecule has 1 heterocycles. The maximum absolute atomic E-state index is 12.4. The van der Waals surface area contributed by atoms with Crippen LogP contribution in [0.3, 0.4) is 0 Å². The van der Waals surface area contributed by atoms with E-state index in [1.54, 1.807) is 24.3 Å². The lowest BCUT2D eigenvalue weighted by Crippen LogP contribution is -2.34. The van der Waals surface area contributed by atoms with E-state index in [4.69, 9.17) is 28.2 Å².